The molecule has 0 aromatic heterocycles. The number of methoxy groups -OCH3 is 1. The summed E-state index contributed by atoms with van der Waals surface area (Å²) >= 11 is 5.88. The Morgan fingerprint density at radius 3 is 2.67 bits per heavy atom. The molecule has 2 rings (SSSR count). The van der Waals surface area contributed by atoms with Crippen molar-refractivity contribution in [2.24, 2.45) is 0 Å². The molecule has 114 valence electrons. The Kier molecular flexibility index (Phi) is 5.62. The van der Waals surface area contributed by atoms with Gasteiger partial charge in [-0.25, -0.2) is 0 Å². The number of carbonyl (C=O) groups excluding carboxylic acids is 2. The van der Waals surface area contributed by atoms with E-state index in [1.807, 2.05) is 29.2 Å². The van der Waals surface area contributed by atoms with Gasteiger partial charge in [-0.1, -0.05) is 23.7 Å². The minimum Gasteiger partial charge on any atom is -0.469 e. The maximum Gasteiger partial charge on any atom is 0.306 e. The summed E-state index contributed by atoms with van der Waals surface area (Å²) in [4.78, 5) is 25.2. The van der Waals surface area contributed by atoms with Crippen LogP contribution in [-0.2, 0) is 20.7 Å². The number of rotatable bonds is 5. The van der Waals surface area contributed by atoms with E-state index >= 15 is 0 Å². The SMILES string of the molecule is COC(=O)CCC(=O)N1CCCC1Cc1ccc(Cl)cc1. The summed E-state index contributed by atoms with van der Waals surface area (Å²) in [6.07, 6.45) is 3.24. The van der Waals surface area contributed by atoms with E-state index in [1.165, 1.54) is 12.7 Å². The third kappa shape index (κ3) is 4.46. The van der Waals surface area contributed by atoms with Crippen LogP contribution in [-0.4, -0.2) is 36.5 Å². The molecule has 1 atom stereocenters. The van der Waals surface area contributed by atoms with Crippen molar-refractivity contribution < 1.29 is 14.3 Å². The Hall–Kier alpha value is -1.55. The molecule has 4 nitrogen and oxygen atoms in total. The largest absolute Gasteiger partial charge is 0.469 e. The second kappa shape index (κ2) is 7.46. The molecular weight excluding hydrogens is 290 g/mol. The maximum absolute atomic E-state index is 12.2. The highest BCUT2D eigenvalue weighted by atomic mass is 35.5. The number of benzene rings is 1. The van der Waals surface area contributed by atoms with Gasteiger partial charge in [0.2, 0.25) is 5.91 Å². The summed E-state index contributed by atoms with van der Waals surface area (Å²) in [6.45, 7) is 0.776. The van der Waals surface area contributed by atoms with E-state index in [1.54, 1.807) is 0 Å². The summed E-state index contributed by atoms with van der Waals surface area (Å²) in [5.74, 6) is -0.298. The highest BCUT2D eigenvalue weighted by Crippen LogP contribution is 2.23. The standard InChI is InChI=1S/C16H20ClNO3/c1-21-16(20)9-8-15(19)18-10-2-3-14(18)11-12-4-6-13(17)7-5-12/h4-7,14H,2-3,8-11H2,1H3. The number of amides is 1. The van der Waals surface area contributed by atoms with Crippen LogP contribution >= 0.6 is 11.6 Å². The Bertz CT molecular complexity index is 501. The Morgan fingerprint density at radius 2 is 2.00 bits per heavy atom. The number of nitrogens with zero attached hydrogens (tertiary/aromatic N) is 1. The van der Waals surface area contributed by atoms with Crippen LogP contribution in [0.5, 0.6) is 0 Å². The molecule has 1 amide bonds. The van der Waals surface area contributed by atoms with Crippen molar-refractivity contribution in [3.05, 3.63) is 34.9 Å². The van der Waals surface area contributed by atoms with Gasteiger partial charge in [-0.05, 0) is 37.0 Å². The summed E-state index contributed by atoms with van der Waals surface area (Å²) in [5, 5.41) is 0.719. The minimum atomic E-state index is -0.336. The molecule has 1 aliphatic rings. The average molecular weight is 310 g/mol. The van der Waals surface area contributed by atoms with Gasteiger partial charge in [0.05, 0.1) is 13.5 Å². The zero-order chi connectivity index (χ0) is 15.2. The Morgan fingerprint density at radius 1 is 1.29 bits per heavy atom. The van der Waals surface area contributed by atoms with E-state index in [-0.39, 0.29) is 30.8 Å². The van der Waals surface area contributed by atoms with Crippen molar-refractivity contribution in [3.63, 3.8) is 0 Å². The first kappa shape index (κ1) is 15.8. The molecule has 0 aliphatic carbocycles. The van der Waals surface area contributed by atoms with E-state index in [9.17, 15) is 9.59 Å². The molecule has 1 saturated heterocycles. The monoisotopic (exact) mass is 309 g/mol. The summed E-state index contributed by atoms with van der Waals surface area (Å²) < 4.78 is 4.57. The van der Waals surface area contributed by atoms with Crippen molar-refractivity contribution in [1.82, 2.24) is 4.90 Å². The number of likely N-dealkylation sites (tertiary alicyclic amines) is 1. The zero-order valence-corrected chi connectivity index (χ0v) is 12.9. The van der Waals surface area contributed by atoms with E-state index in [0.29, 0.717) is 0 Å². The quantitative estimate of drug-likeness (QED) is 0.786. The number of hydrogen-bond acceptors (Lipinski definition) is 3. The van der Waals surface area contributed by atoms with Crippen LogP contribution in [0.3, 0.4) is 0 Å². The second-order valence-corrected chi connectivity index (χ2v) is 5.73. The van der Waals surface area contributed by atoms with Gasteiger partial charge in [0.15, 0.2) is 0 Å². The van der Waals surface area contributed by atoms with Crippen LogP contribution in [0, 0.1) is 0 Å². The van der Waals surface area contributed by atoms with Crippen LogP contribution in [0.4, 0.5) is 0 Å². The van der Waals surface area contributed by atoms with Crippen molar-refractivity contribution in [2.75, 3.05) is 13.7 Å². The fraction of sp³-hybridized carbons (Fsp3) is 0.500. The van der Waals surface area contributed by atoms with Gasteiger partial charge in [0.1, 0.15) is 0 Å². The van der Waals surface area contributed by atoms with Crippen LogP contribution in [0.1, 0.15) is 31.2 Å². The van der Waals surface area contributed by atoms with Gasteiger partial charge in [0, 0.05) is 24.0 Å². The first-order valence-corrected chi connectivity index (χ1v) is 7.58. The van der Waals surface area contributed by atoms with Crippen molar-refractivity contribution in [1.29, 1.82) is 0 Å². The van der Waals surface area contributed by atoms with Crippen LogP contribution in [0.25, 0.3) is 0 Å². The third-order valence-corrected chi connectivity index (χ3v) is 4.10. The second-order valence-electron chi connectivity index (χ2n) is 5.29. The predicted octanol–water partition coefficient (Wildman–Crippen LogP) is 2.83. The predicted molar refractivity (Wildman–Crippen MR) is 81.1 cm³/mol. The lowest BCUT2D eigenvalue weighted by molar-refractivity contribution is -0.143. The molecule has 1 heterocycles. The van der Waals surface area contributed by atoms with E-state index in [2.05, 4.69) is 4.74 Å². The molecule has 0 bridgehead atoms. The van der Waals surface area contributed by atoms with Gasteiger partial charge in [-0.15, -0.1) is 0 Å². The van der Waals surface area contributed by atoms with E-state index in [4.69, 9.17) is 11.6 Å². The van der Waals surface area contributed by atoms with Crippen LogP contribution in [0.15, 0.2) is 24.3 Å². The van der Waals surface area contributed by atoms with Crippen LogP contribution < -0.4 is 0 Å². The van der Waals surface area contributed by atoms with Crippen molar-refractivity contribution in [3.8, 4) is 0 Å². The molecule has 0 saturated carbocycles. The summed E-state index contributed by atoms with van der Waals surface area (Å²) in [5.41, 5.74) is 1.18. The molecule has 1 unspecified atom stereocenters. The number of halogens is 1. The highest BCUT2D eigenvalue weighted by molar-refractivity contribution is 6.30. The van der Waals surface area contributed by atoms with Crippen molar-refractivity contribution in [2.45, 2.75) is 38.1 Å². The summed E-state index contributed by atoms with van der Waals surface area (Å²) in [7, 11) is 1.34. The molecule has 5 heteroatoms. The van der Waals surface area contributed by atoms with E-state index in [0.717, 1.165) is 30.8 Å². The minimum absolute atomic E-state index is 0.0388. The number of hydrogen-bond donors (Lipinski definition) is 0. The number of esters is 1. The first-order valence-electron chi connectivity index (χ1n) is 7.21. The molecule has 1 aromatic rings. The molecular formula is C16H20ClNO3. The Balaban J connectivity index is 1.91. The molecule has 21 heavy (non-hydrogen) atoms. The first-order chi connectivity index (χ1) is 10.1. The fourth-order valence-corrected chi connectivity index (χ4v) is 2.85. The summed E-state index contributed by atoms with van der Waals surface area (Å²) in [6, 6.07) is 7.95. The van der Waals surface area contributed by atoms with Gasteiger partial charge in [-0.3, -0.25) is 9.59 Å². The smallest absolute Gasteiger partial charge is 0.306 e. The lowest BCUT2D eigenvalue weighted by Gasteiger charge is -2.25. The third-order valence-electron chi connectivity index (χ3n) is 3.85. The highest BCUT2D eigenvalue weighted by Gasteiger charge is 2.28. The molecule has 1 fully saturated rings. The lowest BCUT2D eigenvalue weighted by atomic mass is 10.0. The molecule has 1 aromatic carbocycles. The molecule has 1 aliphatic heterocycles. The molecule has 0 radical (unpaired) electrons. The van der Waals surface area contributed by atoms with Crippen molar-refractivity contribution >= 4 is 23.5 Å². The fourth-order valence-electron chi connectivity index (χ4n) is 2.72. The topological polar surface area (TPSA) is 46.6 Å². The van der Waals surface area contributed by atoms with E-state index < -0.39 is 0 Å². The van der Waals surface area contributed by atoms with Gasteiger partial charge < -0.3 is 9.64 Å². The van der Waals surface area contributed by atoms with Gasteiger partial charge in [0.25, 0.3) is 0 Å². The number of carbonyl (C=O) groups is 2. The van der Waals surface area contributed by atoms with Crippen LogP contribution in [0.2, 0.25) is 5.02 Å². The molecule has 0 spiro atoms. The normalized spacial score (nSPS) is 17.8. The zero-order valence-electron chi connectivity index (χ0n) is 12.2. The maximum atomic E-state index is 12.2. The lowest BCUT2D eigenvalue weighted by Crippen LogP contribution is -2.37. The van der Waals surface area contributed by atoms with Gasteiger partial charge >= 0.3 is 5.97 Å². The average Bonchev–Trinajstić information content (AvgIpc) is 2.95. The Labute approximate surface area is 130 Å². The van der Waals surface area contributed by atoms with Gasteiger partial charge in [-0.2, -0.15) is 0 Å². The number of ether oxygens (including phenoxy) is 1. The molecule has 0 N–H and O–H groups in total.